The van der Waals surface area contributed by atoms with Crippen LogP contribution < -0.4 is 60.2 Å². The molecule has 358 valence electrons. The first-order valence-electron chi connectivity index (χ1n) is 22.3. The Morgan fingerprint density at radius 1 is 0.727 bits per heavy atom. The Kier molecular flexibility index (Phi) is 20.4. The van der Waals surface area contributed by atoms with Crippen LogP contribution in [-0.2, 0) is 51.2 Å². The number of benzene rings is 2. The number of hydrogen-bond acceptors (Lipinski definition) is 10. The number of unbranched alkanes of at least 4 members (excludes halogenated alkanes) is 1. The third-order valence-electron chi connectivity index (χ3n) is 10.9. The van der Waals surface area contributed by atoms with Gasteiger partial charge in [0.05, 0.1) is 6.54 Å². The molecule has 1 saturated heterocycles. The molecule has 16 N–H and O–H groups in total. The van der Waals surface area contributed by atoms with Crippen LogP contribution in [0.4, 0.5) is 0 Å². The van der Waals surface area contributed by atoms with E-state index in [0.29, 0.717) is 19.4 Å². The van der Waals surface area contributed by atoms with Gasteiger partial charge in [0.2, 0.25) is 47.3 Å². The molecule has 0 radical (unpaired) electrons. The highest BCUT2D eigenvalue weighted by atomic mass is 16.2. The van der Waals surface area contributed by atoms with Crippen LogP contribution in [0.2, 0.25) is 0 Å². The number of aromatic nitrogens is 1. The van der Waals surface area contributed by atoms with Crippen molar-refractivity contribution in [2.24, 2.45) is 33.8 Å². The van der Waals surface area contributed by atoms with E-state index < -0.39 is 84.1 Å². The van der Waals surface area contributed by atoms with Crippen LogP contribution in [0.1, 0.15) is 76.3 Å². The number of carbonyl (C=O) groups is 8. The first-order valence-corrected chi connectivity index (χ1v) is 22.3. The number of primary amides is 1. The monoisotopic (exact) mass is 916 g/mol. The number of aliphatic imine (C=N–C) groups is 1. The molecule has 0 aliphatic carbocycles. The molecule has 0 bridgehead atoms. The van der Waals surface area contributed by atoms with Crippen LogP contribution in [0.25, 0.3) is 10.9 Å². The van der Waals surface area contributed by atoms with Gasteiger partial charge in [-0.1, -0.05) is 62.4 Å². The van der Waals surface area contributed by atoms with E-state index in [1.165, 1.54) is 0 Å². The summed E-state index contributed by atoms with van der Waals surface area (Å²) in [4.78, 5) is 113. The number of rotatable bonds is 27. The lowest BCUT2D eigenvalue weighted by Crippen LogP contribution is -2.59. The second-order valence-electron chi connectivity index (χ2n) is 16.8. The first kappa shape index (κ1) is 51.6. The first-order chi connectivity index (χ1) is 31.5. The molecule has 0 spiro atoms. The number of guanidine groups is 1. The summed E-state index contributed by atoms with van der Waals surface area (Å²) < 4.78 is 0. The quantitative estimate of drug-likeness (QED) is 0.0237. The van der Waals surface area contributed by atoms with Crippen molar-refractivity contribution in [2.75, 3.05) is 19.6 Å². The maximum absolute atomic E-state index is 14.1. The third-order valence-corrected chi connectivity index (χ3v) is 10.9. The molecule has 2 heterocycles. The number of nitrogens with one attached hydrogen (secondary N) is 8. The summed E-state index contributed by atoms with van der Waals surface area (Å²) in [7, 11) is 0. The minimum absolute atomic E-state index is 0.0582. The number of para-hydroxylation sites is 1. The van der Waals surface area contributed by atoms with Crippen molar-refractivity contribution >= 4 is 64.1 Å². The highest BCUT2D eigenvalue weighted by molar-refractivity contribution is 5.98. The lowest BCUT2D eigenvalue weighted by Gasteiger charge is -2.27. The van der Waals surface area contributed by atoms with Gasteiger partial charge in [0, 0.05) is 42.9 Å². The third kappa shape index (κ3) is 16.8. The van der Waals surface area contributed by atoms with E-state index in [2.05, 4.69) is 47.2 Å². The molecule has 1 aromatic heterocycles. The summed E-state index contributed by atoms with van der Waals surface area (Å²) in [5, 5.41) is 19.5. The summed E-state index contributed by atoms with van der Waals surface area (Å²) in [6, 6.07) is 9.82. The number of fused-ring (bicyclic) bond motifs is 1. The van der Waals surface area contributed by atoms with Crippen LogP contribution in [0.3, 0.4) is 0 Å². The molecule has 2 aromatic carbocycles. The zero-order chi connectivity index (χ0) is 48.2. The molecule has 1 aliphatic heterocycles. The summed E-state index contributed by atoms with van der Waals surface area (Å²) in [6.45, 7) is 3.58. The van der Waals surface area contributed by atoms with Gasteiger partial charge in [-0.2, -0.15) is 0 Å². The normalized spacial score (nSPS) is 15.6. The van der Waals surface area contributed by atoms with Crippen molar-refractivity contribution in [1.29, 1.82) is 0 Å². The topological polar surface area (TPSA) is 353 Å². The van der Waals surface area contributed by atoms with Crippen molar-refractivity contribution < 1.29 is 38.4 Å². The minimum atomic E-state index is -1.18. The molecule has 3 aromatic rings. The fraction of sp³-hybridized carbons (Fsp3) is 0.489. The Balaban J connectivity index is 1.46. The second kappa shape index (κ2) is 26.1. The number of nitrogens with zero attached hydrogens (tertiary/aromatic N) is 1. The van der Waals surface area contributed by atoms with Crippen molar-refractivity contribution in [1.82, 2.24) is 42.2 Å². The Morgan fingerprint density at radius 2 is 1.36 bits per heavy atom. The Morgan fingerprint density at radius 3 is 2.03 bits per heavy atom. The smallest absolute Gasteiger partial charge is 0.243 e. The summed E-state index contributed by atoms with van der Waals surface area (Å²) in [5.74, 6) is -5.34. The van der Waals surface area contributed by atoms with E-state index in [-0.39, 0.29) is 75.7 Å². The molecule has 8 amide bonds. The summed E-state index contributed by atoms with van der Waals surface area (Å²) >= 11 is 0. The average Bonchev–Trinajstić information content (AvgIpc) is 3.91. The number of nitrogens with two attached hydrogens (primary N) is 4. The number of carbonyl (C=O) groups excluding carboxylic acids is 8. The lowest BCUT2D eigenvalue weighted by atomic mass is 9.99. The molecule has 21 heteroatoms. The zero-order valence-corrected chi connectivity index (χ0v) is 37.5. The maximum Gasteiger partial charge on any atom is 0.243 e. The van der Waals surface area contributed by atoms with Gasteiger partial charge in [0.15, 0.2) is 5.96 Å². The van der Waals surface area contributed by atoms with Gasteiger partial charge in [-0.3, -0.25) is 43.3 Å². The fourth-order valence-corrected chi connectivity index (χ4v) is 7.48. The number of H-pyrrole nitrogens is 1. The Hall–Kier alpha value is -7.03. The van der Waals surface area contributed by atoms with Gasteiger partial charge in [-0.05, 0) is 74.6 Å². The SMILES string of the molecule is CC(C)CC(NC(=O)C(Cc1c[nH]c2ccccc12)NC(=O)C1CCC(=O)N1)C(=O)NC(CCCCN)C(=O)NCC(=O)NC(CCCN=C(N)N)C(=O)NC(Cc1ccccc1)C(N)=O. The Labute approximate surface area is 383 Å². The van der Waals surface area contributed by atoms with E-state index in [4.69, 9.17) is 22.9 Å². The molecule has 21 nitrogen and oxygen atoms in total. The van der Waals surface area contributed by atoms with Gasteiger partial charge in [-0.15, -0.1) is 0 Å². The van der Waals surface area contributed by atoms with E-state index >= 15 is 0 Å². The predicted molar refractivity (Wildman–Crippen MR) is 247 cm³/mol. The van der Waals surface area contributed by atoms with E-state index in [1.54, 1.807) is 36.5 Å². The van der Waals surface area contributed by atoms with Crippen LogP contribution in [0.15, 0.2) is 65.8 Å². The van der Waals surface area contributed by atoms with Crippen molar-refractivity contribution in [2.45, 2.75) is 114 Å². The zero-order valence-electron chi connectivity index (χ0n) is 37.5. The second-order valence-corrected chi connectivity index (χ2v) is 16.8. The van der Waals surface area contributed by atoms with E-state index in [1.807, 2.05) is 38.1 Å². The van der Waals surface area contributed by atoms with Crippen LogP contribution in [0, 0.1) is 5.92 Å². The molecule has 6 unspecified atom stereocenters. The molecular weight excluding hydrogens is 851 g/mol. The predicted octanol–water partition coefficient (Wildman–Crippen LogP) is -1.51. The van der Waals surface area contributed by atoms with Gasteiger partial charge in [-0.25, -0.2) is 0 Å². The highest BCUT2D eigenvalue weighted by Crippen LogP contribution is 2.20. The molecule has 1 fully saturated rings. The standard InChI is InChI=1S/C45H65N13O8/c1-26(2)21-35(57-44(66)36(58-42(64)33-17-18-37(59)53-33)23-28-24-51-30-14-7-6-13-29(28)30)43(65)55-31(15-8-9-19-46)40(62)52-25-38(60)54-32(16-10-20-50-45(48)49)41(63)56-34(39(47)61)22-27-11-4-3-5-12-27/h3-7,11-14,24,26,31-36,51H,8-10,15-23,25,46H2,1-2H3,(H2,47,61)(H,52,62)(H,53,59)(H,54,60)(H,55,65)(H,56,63)(H,57,66)(H,58,64)(H4,48,49,50). The van der Waals surface area contributed by atoms with Gasteiger partial charge < -0.3 is 65.1 Å². The minimum Gasteiger partial charge on any atom is -0.370 e. The van der Waals surface area contributed by atoms with Crippen LogP contribution in [-0.4, -0.2) is 114 Å². The number of hydrogen-bond donors (Lipinski definition) is 12. The van der Waals surface area contributed by atoms with Gasteiger partial charge >= 0.3 is 0 Å². The van der Waals surface area contributed by atoms with Crippen molar-refractivity contribution in [3.05, 3.63) is 71.9 Å². The maximum atomic E-state index is 14.1. The molecule has 66 heavy (non-hydrogen) atoms. The summed E-state index contributed by atoms with van der Waals surface area (Å²) in [5.41, 5.74) is 24.5. The van der Waals surface area contributed by atoms with Crippen LogP contribution in [0.5, 0.6) is 0 Å². The van der Waals surface area contributed by atoms with Gasteiger partial charge in [0.25, 0.3) is 0 Å². The molecule has 6 atom stereocenters. The average molecular weight is 916 g/mol. The molecule has 0 saturated carbocycles. The molecule has 4 rings (SSSR count). The van der Waals surface area contributed by atoms with E-state index in [0.717, 1.165) is 22.0 Å². The van der Waals surface area contributed by atoms with Crippen LogP contribution >= 0.6 is 0 Å². The van der Waals surface area contributed by atoms with Crippen molar-refractivity contribution in [3.63, 3.8) is 0 Å². The number of aromatic amines is 1. The van der Waals surface area contributed by atoms with Crippen molar-refractivity contribution in [3.8, 4) is 0 Å². The highest BCUT2D eigenvalue weighted by Gasteiger charge is 2.34. The number of amides is 8. The van der Waals surface area contributed by atoms with E-state index in [9.17, 15) is 38.4 Å². The molecule has 1 aliphatic rings. The fourth-order valence-electron chi connectivity index (χ4n) is 7.48. The van der Waals surface area contributed by atoms with Gasteiger partial charge in [0.1, 0.15) is 36.3 Å². The Bertz CT molecular complexity index is 2180. The largest absolute Gasteiger partial charge is 0.370 e. The lowest BCUT2D eigenvalue weighted by molar-refractivity contribution is -0.135. The molecular formula is C45H65N13O8. The summed E-state index contributed by atoms with van der Waals surface area (Å²) in [6.07, 6.45) is 3.93.